The smallest absolute Gasteiger partial charge is 0.349 e. The maximum absolute atomic E-state index is 12.9. The van der Waals surface area contributed by atoms with Crippen LogP contribution in [-0.4, -0.2) is 52.1 Å². The Hall–Kier alpha value is -4.01. The minimum absolute atomic E-state index is 0.0613. The second-order valence-corrected chi connectivity index (χ2v) is 7.53. The minimum atomic E-state index is -0.610. The number of aryl methyl sites for hydroxylation is 1. The van der Waals surface area contributed by atoms with E-state index < -0.39 is 5.63 Å². The summed E-state index contributed by atoms with van der Waals surface area (Å²) >= 11 is 0. The summed E-state index contributed by atoms with van der Waals surface area (Å²) in [5, 5.41) is 4.69. The number of hydrogen-bond donors (Lipinski definition) is 0. The van der Waals surface area contributed by atoms with Crippen LogP contribution < -0.4 is 10.5 Å². The summed E-state index contributed by atoms with van der Waals surface area (Å²) in [6, 6.07) is 12.6. The summed E-state index contributed by atoms with van der Waals surface area (Å²) in [7, 11) is 0. The molecule has 1 fully saturated rings. The van der Waals surface area contributed by atoms with Gasteiger partial charge in [0, 0.05) is 49.7 Å². The van der Waals surface area contributed by atoms with Gasteiger partial charge in [0.2, 0.25) is 11.7 Å². The third kappa shape index (κ3) is 3.73. The van der Waals surface area contributed by atoms with Crippen molar-refractivity contribution in [3.63, 3.8) is 0 Å². The van der Waals surface area contributed by atoms with Crippen molar-refractivity contribution in [2.24, 2.45) is 0 Å². The molecular formula is C23H21N5O4. The number of para-hydroxylation sites is 1. The zero-order chi connectivity index (χ0) is 22.1. The molecule has 0 atom stereocenters. The molecule has 1 aliphatic heterocycles. The van der Waals surface area contributed by atoms with Crippen LogP contribution in [-0.2, 0) is 6.42 Å². The highest BCUT2D eigenvalue weighted by atomic mass is 16.5. The van der Waals surface area contributed by atoms with Gasteiger partial charge in [-0.25, -0.2) is 9.78 Å². The van der Waals surface area contributed by atoms with Crippen molar-refractivity contribution in [2.75, 3.05) is 31.1 Å². The van der Waals surface area contributed by atoms with Crippen LogP contribution in [0.2, 0.25) is 0 Å². The maximum atomic E-state index is 12.9. The molecule has 0 spiro atoms. The van der Waals surface area contributed by atoms with E-state index in [1.165, 1.54) is 0 Å². The number of rotatable bonds is 4. The van der Waals surface area contributed by atoms with Gasteiger partial charge in [-0.2, -0.15) is 4.98 Å². The summed E-state index contributed by atoms with van der Waals surface area (Å²) in [6.07, 6.45) is 2.40. The number of carbonyl (C=O) groups excluding carboxylic acids is 1. The summed E-state index contributed by atoms with van der Waals surface area (Å²) in [6.45, 7) is 4.15. The number of benzene rings is 1. The number of aromatic nitrogens is 3. The van der Waals surface area contributed by atoms with Gasteiger partial charge >= 0.3 is 5.63 Å². The number of piperazine rings is 1. The molecule has 162 valence electrons. The molecule has 0 saturated carbocycles. The highest BCUT2D eigenvalue weighted by Crippen LogP contribution is 2.20. The topological polar surface area (TPSA) is 106 Å². The van der Waals surface area contributed by atoms with Crippen molar-refractivity contribution in [2.45, 2.75) is 13.3 Å². The number of nitrogens with zero attached hydrogens (tertiary/aromatic N) is 5. The third-order valence-corrected chi connectivity index (χ3v) is 5.54. The molecule has 32 heavy (non-hydrogen) atoms. The monoisotopic (exact) mass is 431 g/mol. The lowest BCUT2D eigenvalue weighted by molar-refractivity contribution is 0.0742. The van der Waals surface area contributed by atoms with E-state index >= 15 is 0 Å². The van der Waals surface area contributed by atoms with Gasteiger partial charge < -0.3 is 18.7 Å². The second-order valence-electron chi connectivity index (χ2n) is 7.53. The molecule has 0 unspecified atom stereocenters. The van der Waals surface area contributed by atoms with Crippen LogP contribution in [0.4, 0.5) is 5.82 Å². The Balaban J connectivity index is 1.26. The van der Waals surface area contributed by atoms with Crippen LogP contribution in [0.15, 0.2) is 62.4 Å². The molecule has 9 nitrogen and oxygen atoms in total. The lowest BCUT2D eigenvalue weighted by atomic mass is 10.1. The fourth-order valence-electron chi connectivity index (χ4n) is 3.74. The van der Waals surface area contributed by atoms with Gasteiger partial charge in [0.05, 0.1) is 0 Å². The van der Waals surface area contributed by atoms with E-state index in [0.29, 0.717) is 49.9 Å². The molecule has 9 heteroatoms. The van der Waals surface area contributed by atoms with Crippen LogP contribution in [0.3, 0.4) is 0 Å². The normalized spacial score (nSPS) is 14.2. The summed E-state index contributed by atoms with van der Waals surface area (Å²) in [5.41, 5.74) is 0.710. The van der Waals surface area contributed by atoms with Crippen LogP contribution in [0.5, 0.6) is 0 Å². The summed E-state index contributed by atoms with van der Waals surface area (Å²) in [4.78, 5) is 37.9. The zero-order valence-electron chi connectivity index (χ0n) is 17.5. The number of amides is 1. The fourth-order valence-corrected chi connectivity index (χ4v) is 3.74. The predicted octanol–water partition coefficient (Wildman–Crippen LogP) is 2.76. The van der Waals surface area contributed by atoms with Gasteiger partial charge in [0.1, 0.15) is 17.0 Å². The largest absolute Gasteiger partial charge is 0.422 e. The highest BCUT2D eigenvalue weighted by molar-refractivity contribution is 5.96. The molecule has 4 aromatic rings. The van der Waals surface area contributed by atoms with E-state index in [9.17, 15) is 9.59 Å². The Morgan fingerprint density at radius 3 is 2.62 bits per heavy atom. The summed E-state index contributed by atoms with van der Waals surface area (Å²) < 4.78 is 10.5. The predicted molar refractivity (Wildman–Crippen MR) is 118 cm³/mol. The van der Waals surface area contributed by atoms with Crippen LogP contribution in [0, 0.1) is 0 Å². The molecule has 3 aromatic heterocycles. The second kappa shape index (κ2) is 8.26. The van der Waals surface area contributed by atoms with Crippen molar-refractivity contribution in [1.82, 2.24) is 20.0 Å². The first-order valence-corrected chi connectivity index (χ1v) is 10.5. The van der Waals surface area contributed by atoms with Crippen LogP contribution in [0.1, 0.15) is 23.2 Å². The Morgan fingerprint density at radius 1 is 1.09 bits per heavy atom. The summed E-state index contributed by atoms with van der Waals surface area (Å²) in [5.74, 6) is 1.61. The van der Waals surface area contributed by atoms with Crippen LogP contribution >= 0.6 is 0 Å². The van der Waals surface area contributed by atoms with Crippen molar-refractivity contribution in [1.29, 1.82) is 0 Å². The number of carbonyl (C=O) groups is 1. The molecule has 0 N–H and O–H groups in total. The molecular weight excluding hydrogens is 410 g/mol. The molecule has 1 aliphatic rings. The van der Waals surface area contributed by atoms with Crippen molar-refractivity contribution in [3.05, 3.63) is 70.5 Å². The van der Waals surface area contributed by atoms with E-state index in [1.54, 1.807) is 29.3 Å². The Kier molecular flexibility index (Phi) is 5.14. The number of hydrogen-bond acceptors (Lipinski definition) is 8. The average Bonchev–Trinajstić information content (AvgIpc) is 3.33. The van der Waals surface area contributed by atoms with E-state index in [0.717, 1.165) is 16.8 Å². The Labute approximate surface area is 183 Å². The van der Waals surface area contributed by atoms with E-state index in [2.05, 4.69) is 20.0 Å². The molecule has 1 saturated heterocycles. The van der Waals surface area contributed by atoms with Gasteiger partial charge in [-0.05, 0) is 24.3 Å². The lowest BCUT2D eigenvalue weighted by Gasteiger charge is -2.35. The SMILES string of the molecule is CCc1nc(-c2ccc(N3CCN(C(=O)c4cc5ccccc5oc4=O)CC3)nc2)no1. The van der Waals surface area contributed by atoms with Crippen molar-refractivity contribution < 1.29 is 13.7 Å². The quantitative estimate of drug-likeness (QED) is 0.454. The van der Waals surface area contributed by atoms with E-state index in [-0.39, 0.29) is 11.5 Å². The molecule has 5 rings (SSSR count). The molecule has 1 amide bonds. The Morgan fingerprint density at radius 2 is 1.91 bits per heavy atom. The lowest BCUT2D eigenvalue weighted by Crippen LogP contribution is -2.49. The number of anilines is 1. The fraction of sp³-hybridized carbons (Fsp3) is 0.261. The van der Waals surface area contributed by atoms with Gasteiger partial charge in [-0.15, -0.1) is 0 Å². The molecule has 0 bridgehead atoms. The van der Waals surface area contributed by atoms with Crippen molar-refractivity contribution in [3.8, 4) is 11.4 Å². The van der Waals surface area contributed by atoms with Gasteiger partial charge in [-0.1, -0.05) is 30.3 Å². The van der Waals surface area contributed by atoms with E-state index in [1.807, 2.05) is 31.2 Å². The van der Waals surface area contributed by atoms with Gasteiger partial charge in [0.15, 0.2) is 0 Å². The van der Waals surface area contributed by atoms with Crippen molar-refractivity contribution >= 4 is 22.7 Å². The maximum Gasteiger partial charge on any atom is 0.349 e. The zero-order valence-corrected chi connectivity index (χ0v) is 17.5. The molecule has 1 aromatic carbocycles. The van der Waals surface area contributed by atoms with Gasteiger partial charge in [0.25, 0.3) is 5.91 Å². The third-order valence-electron chi connectivity index (χ3n) is 5.54. The molecule has 0 radical (unpaired) electrons. The van der Waals surface area contributed by atoms with Crippen LogP contribution in [0.25, 0.3) is 22.4 Å². The standard InChI is InChI=1S/C23H21N5O4/c1-2-20-25-21(26-32-20)16-7-8-19(24-14-16)27-9-11-28(12-10-27)22(29)17-13-15-5-3-4-6-18(15)31-23(17)30/h3-8,13-14H,2,9-12H2,1H3. The first-order valence-electron chi connectivity index (χ1n) is 10.5. The molecule has 0 aliphatic carbocycles. The highest BCUT2D eigenvalue weighted by Gasteiger charge is 2.25. The first kappa shape index (κ1) is 19.9. The number of pyridine rings is 1. The minimum Gasteiger partial charge on any atom is -0.422 e. The average molecular weight is 431 g/mol. The Bertz CT molecular complexity index is 1320. The molecule has 4 heterocycles. The van der Waals surface area contributed by atoms with Gasteiger partial charge in [-0.3, -0.25) is 4.79 Å². The number of fused-ring (bicyclic) bond motifs is 1. The van der Waals surface area contributed by atoms with E-state index in [4.69, 9.17) is 8.94 Å². The first-order chi connectivity index (χ1) is 15.6.